The van der Waals surface area contributed by atoms with Crippen molar-refractivity contribution in [1.29, 1.82) is 0 Å². The lowest BCUT2D eigenvalue weighted by Gasteiger charge is -2.39. The second-order valence-electron chi connectivity index (χ2n) is 7.18. The Morgan fingerprint density at radius 1 is 1.24 bits per heavy atom. The molecule has 2 bridgehead atoms. The van der Waals surface area contributed by atoms with Crippen LogP contribution in [-0.2, 0) is 23.1 Å². The van der Waals surface area contributed by atoms with Crippen molar-refractivity contribution < 1.29 is 4.79 Å². The summed E-state index contributed by atoms with van der Waals surface area (Å²) in [6.07, 6.45) is 12.3. The maximum atomic E-state index is 12.8. The molecule has 1 heteroatoms. The van der Waals surface area contributed by atoms with Crippen molar-refractivity contribution in [2.75, 3.05) is 0 Å². The third-order valence-electron chi connectivity index (χ3n) is 5.98. The molecule has 1 aromatic carbocycles. The fourth-order valence-electron chi connectivity index (χ4n) is 4.93. The lowest BCUT2D eigenvalue weighted by molar-refractivity contribution is -0.126. The molecule has 0 radical (unpaired) electrons. The molecule has 1 saturated carbocycles. The lowest BCUT2D eigenvalue weighted by atomic mass is 9.62. The molecule has 1 aromatic rings. The SMILES string of the molecule is CCCCc1ccc2c(c1)CCC(=O)C21CC2C=CC1C2. The number of rotatable bonds is 3. The normalized spacial score (nSPS) is 32.9. The zero-order valence-electron chi connectivity index (χ0n) is 12.9. The Bertz CT molecular complexity index is 612. The highest BCUT2D eigenvalue weighted by molar-refractivity contribution is 5.94. The third kappa shape index (κ3) is 1.86. The van der Waals surface area contributed by atoms with E-state index in [1.165, 1.54) is 42.4 Å². The first-order valence-electron chi connectivity index (χ1n) is 8.58. The summed E-state index contributed by atoms with van der Waals surface area (Å²) in [4.78, 5) is 12.8. The van der Waals surface area contributed by atoms with Crippen molar-refractivity contribution in [1.82, 2.24) is 0 Å². The number of fused-ring (bicyclic) bond motifs is 5. The number of unbranched alkanes of at least 4 members (excludes halogenated alkanes) is 1. The van der Waals surface area contributed by atoms with Gasteiger partial charge in [-0.3, -0.25) is 4.79 Å². The number of Topliss-reactive ketones (excluding diaryl/α,β-unsaturated/α-hetero) is 1. The minimum Gasteiger partial charge on any atom is -0.299 e. The van der Waals surface area contributed by atoms with E-state index in [0.29, 0.717) is 17.6 Å². The molecular formula is C20H24O. The van der Waals surface area contributed by atoms with Crippen LogP contribution in [0.1, 0.15) is 55.7 Å². The lowest BCUT2D eigenvalue weighted by Crippen LogP contribution is -2.43. The van der Waals surface area contributed by atoms with E-state index in [0.717, 1.165) is 19.3 Å². The fourth-order valence-corrected chi connectivity index (χ4v) is 4.93. The van der Waals surface area contributed by atoms with Crippen molar-refractivity contribution in [3.05, 3.63) is 47.0 Å². The van der Waals surface area contributed by atoms with Gasteiger partial charge in [0.1, 0.15) is 5.78 Å². The molecule has 4 rings (SSSR count). The third-order valence-corrected chi connectivity index (χ3v) is 5.98. The molecule has 0 aromatic heterocycles. The van der Waals surface area contributed by atoms with E-state index < -0.39 is 0 Å². The van der Waals surface area contributed by atoms with Gasteiger partial charge in [0.25, 0.3) is 0 Å². The van der Waals surface area contributed by atoms with Gasteiger partial charge in [0, 0.05) is 6.42 Å². The molecule has 21 heavy (non-hydrogen) atoms. The van der Waals surface area contributed by atoms with Crippen LogP contribution in [0.5, 0.6) is 0 Å². The van der Waals surface area contributed by atoms with Crippen molar-refractivity contribution in [2.45, 2.75) is 57.3 Å². The number of hydrogen-bond donors (Lipinski definition) is 0. The Kier molecular flexibility index (Phi) is 3.06. The number of benzene rings is 1. The van der Waals surface area contributed by atoms with Crippen LogP contribution in [0.4, 0.5) is 0 Å². The number of allylic oxidation sites excluding steroid dienone is 2. The Balaban J connectivity index is 1.75. The first kappa shape index (κ1) is 13.3. The van der Waals surface area contributed by atoms with E-state index in [4.69, 9.17) is 0 Å². The number of carbonyl (C=O) groups is 1. The zero-order chi connectivity index (χ0) is 14.4. The number of hydrogen-bond acceptors (Lipinski definition) is 1. The van der Waals surface area contributed by atoms with Crippen LogP contribution in [0.2, 0.25) is 0 Å². The van der Waals surface area contributed by atoms with Crippen LogP contribution in [0.3, 0.4) is 0 Å². The van der Waals surface area contributed by atoms with Gasteiger partial charge in [-0.25, -0.2) is 0 Å². The first-order chi connectivity index (χ1) is 10.2. The van der Waals surface area contributed by atoms with Crippen molar-refractivity contribution in [3.63, 3.8) is 0 Å². The zero-order valence-corrected chi connectivity index (χ0v) is 12.9. The standard InChI is InChI=1S/C20H24O/c1-2-3-4-14-6-9-18-16(11-14)7-10-19(21)20(18)13-15-5-8-17(20)12-15/h5-6,8-9,11,15,17H,2-4,7,10,12-13H2,1H3. The first-order valence-corrected chi connectivity index (χ1v) is 8.58. The van der Waals surface area contributed by atoms with Crippen molar-refractivity contribution in [3.8, 4) is 0 Å². The molecule has 0 aliphatic heterocycles. The van der Waals surface area contributed by atoms with Gasteiger partial charge in [-0.15, -0.1) is 0 Å². The smallest absolute Gasteiger partial charge is 0.144 e. The Hall–Kier alpha value is -1.37. The summed E-state index contributed by atoms with van der Waals surface area (Å²) in [5, 5.41) is 0. The minimum atomic E-state index is -0.156. The highest BCUT2D eigenvalue weighted by Crippen LogP contribution is 2.56. The van der Waals surface area contributed by atoms with E-state index in [9.17, 15) is 4.79 Å². The molecule has 0 saturated heterocycles. The van der Waals surface area contributed by atoms with Gasteiger partial charge in [0.2, 0.25) is 0 Å². The van der Waals surface area contributed by atoms with Gasteiger partial charge in [0.15, 0.2) is 0 Å². The second kappa shape index (κ2) is 4.83. The topological polar surface area (TPSA) is 17.1 Å². The van der Waals surface area contributed by atoms with Gasteiger partial charge in [-0.2, -0.15) is 0 Å². The van der Waals surface area contributed by atoms with Crippen molar-refractivity contribution in [2.24, 2.45) is 11.8 Å². The largest absolute Gasteiger partial charge is 0.299 e. The van der Waals surface area contributed by atoms with Gasteiger partial charge in [0.05, 0.1) is 5.41 Å². The average molecular weight is 280 g/mol. The van der Waals surface area contributed by atoms with Gasteiger partial charge in [-0.1, -0.05) is 43.7 Å². The molecule has 3 unspecified atom stereocenters. The number of aryl methyl sites for hydroxylation is 2. The molecule has 1 spiro atoms. The molecule has 1 nitrogen and oxygen atoms in total. The molecule has 0 N–H and O–H groups in total. The maximum absolute atomic E-state index is 12.8. The Labute approximate surface area is 127 Å². The van der Waals surface area contributed by atoms with Crippen LogP contribution in [0.25, 0.3) is 0 Å². The summed E-state index contributed by atoms with van der Waals surface area (Å²) >= 11 is 0. The molecule has 0 heterocycles. The summed E-state index contributed by atoms with van der Waals surface area (Å²) in [7, 11) is 0. The molecule has 3 atom stereocenters. The van der Waals surface area contributed by atoms with Crippen LogP contribution in [0.15, 0.2) is 30.4 Å². The summed E-state index contributed by atoms with van der Waals surface area (Å²) in [5.41, 5.74) is 4.13. The van der Waals surface area contributed by atoms with E-state index >= 15 is 0 Å². The quantitative estimate of drug-likeness (QED) is 0.751. The monoisotopic (exact) mass is 280 g/mol. The van der Waals surface area contributed by atoms with Gasteiger partial charge < -0.3 is 0 Å². The molecule has 1 fully saturated rings. The van der Waals surface area contributed by atoms with E-state index in [2.05, 4.69) is 37.3 Å². The molecule has 110 valence electrons. The van der Waals surface area contributed by atoms with Gasteiger partial charge >= 0.3 is 0 Å². The van der Waals surface area contributed by atoms with Crippen LogP contribution in [0, 0.1) is 11.8 Å². The van der Waals surface area contributed by atoms with Crippen LogP contribution < -0.4 is 0 Å². The van der Waals surface area contributed by atoms with Crippen LogP contribution in [-0.4, -0.2) is 5.78 Å². The highest BCUT2D eigenvalue weighted by atomic mass is 16.1. The summed E-state index contributed by atoms with van der Waals surface area (Å²) in [5.74, 6) is 1.62. The predicted octanol–water partition coefficient (Wildman–Crippen LogP) is 4.38. The number of ketones is 1. The van der Waals surface area contributed by atoms with Crippen molar-refractivity contribution >= 4 is 5.78 Å². The average Bonchev–Trinajstić information content (AvgIpc) is 3.11. The maximum Gasteiger partial charge on any atom is 0.144 e. The van der Waals surface area contributed by atoms with E-state index in [1.807, 2.05) is 0 Å². The highest BCUT2D eigenvalue weighted by Gasteiger charge is 2.55. The number of carbonyl (C=O) groups excluding carboxylic acids is 1. The Morgan fingerprint density at radius 2 is 2.14 bits per heavy atom. The van der Waals surface area contributed by atoms with E-state index in [-0.39, 0.29) is 5.41 Å². The molecular weight excluding hydrogens is 256 g/mol. The summed E-state index contributed by atoms with van der Waals surface area (Å²) < 4.78 is 0. The molecule has 0 amide bonds. The minimum absolute atomic E-state index is 0.156. The molecule has 3 aliphatic rings. The predicted molar refractivity (Wildman–Crippen MR) is 85.4 cm³/mol. The summed E-state index contributed by atoms with van der Waals surface area (Å²) in [6.45, 7) is 2.24. The fraction of sp³-hybridized carbons (Fsp3) is 0.550. The van der Waals surface area contributed by atoms with Gasteiger partial charge in [-0.05, 0) is 60.6 Å². The van der Waals surface area contributed by atoms with E-state index in [1.54, 1.807) is 0 Å². The Morgan fingerprint density at radius 3 is 2.86 bits per heavy atom. The molecule has 3 aliphatic carbocycles. The summed E-state index contributed by atoms with van der Waals surface area (Å²) in [6, 6.07) is 6.98. The second-order valence-corrected chi connectivity index (χ2v) is 7.18. The van der Waals surface area contributed by atoms with Crippen LogP contribution >= 0.6 is 0 Å².